The summed E-state index contributed by atoms with van der Waals surface area (Å²) in [5.74, 6) is -4.77. The lowest BCUT2D eigenvalue weighted by atomic mass is 10.1. The Kier molecular flexibility index (Phi) is 5.91. The summed E-state index contributed by atoms with van der Waals surface area (Å²) in [5.41, 5.74) is 0.841. The number of hydrogen-bond acceptors (Lipinski definition) is 3. The third-order valence-corrected chi connectivity index (χ3v) is 4.17. The van der Waals surface area contributed by atoms with Crippen LogP contribution in [-0.4, -0.2) is 27.1 Å². The minimum absolute atomic E-state index is 0.0984. The van der Waals surface area contributed by atoms with Crippen molar-refractivity contribution in [2.75, 3.05) is 6.61 Å². The highest BCUT2D eigenvalue weighted by molar-refractivity contribution is 7.86. The van der Waals surface area contributed by atoms with Gasteiger partial charge >= 0.3 is 12.1 Å². The molecule has 0 aliphatic heterocycles. The van der Waals surface area contributed by atoms with Crippen LogP contribution >= 0.6 is 0 Å². The Morgan fingerprint density at radius 2 is 1.55 bits per heavy atom. The molecule has 0 aliphatic rings. The van der Waals surface area contributed by atoms with E-state index in [1.807, 2.05) is 0 Å². The van der Waals surface area contributed by atoms with Gasteiger partial charge in [-0.2, -0.15) is 30.4 Å². The second kappa shape index (κ2) is 6.91. The summed E-state index contributed by atoms with van der Waals surface area (Å²) in [5, 5.41) is 0. The Bertz CT molecular complexity index is 579. The molecular weight excluding hydrogens is 331 g/mol. The molecule has 0 saturated carbocycles. The van der Waals surface area contributed by atoms with Gasteiger partial charge in [0.1, 0.15) is 0 Å². The van der Waals surface area contributed by atoms with Gasteiger partial charge in [0, 0.05) is 6.42 Å². The molecule has 1 aromatic carbocycles. The van der Waals surface area contributed by atoms with E-state index in [1.54, 1.807) is 19.1 Å². The molecule has 0 atom stereocenters. The third kappa shape index (κ3) is 5.20. The monoisotopic (exact) mass is 346 g/mol. The van der Waals surface area contributed by atoms with Crippen LogP contribution in [0.25, 0.3) is 0 Å². The smallest absolute Gasteiger partial charge is 0.266 e. The van der Waals surface area contributed by atoms with Crippen LogP contribution in [0.1, 0.15) is 24.8 Å². The molecule has 1 rings (SSSR count). The standard InChI is InChI=1S/C13H15F5O3S/c1-10-4-6-11(7-5-10)22(19,20)21-9-3-2-8-12(14,15)13(16,17)18/h4-7H,2-3,8-9H2,1H3. The molecule has 0 fully saturated rings. The van der Waals surface area contributed by atoms with E-state index in [4.69, 9.17) is 0 Å². The van der Waals surface area contributed by atoms with Crippen molar-refractivity contribution in [2.24, 2.45) is 0 Å². The van der Waals surface area contributed by atoms with E-state index in [9.17, 15) is 30.4 Å². The van der Waals surface area contributed by atoms with Crippen LogP contribution in [-0.2, 0) is 14.3 Å². The molecule has 0 bridgehead atoms. The summed E-state index contributed by atoms with van der Waals surface area (Å²) in [6, 6.07) is 5.76. The predicted octanol–water partition coefficient (Wildman–Crippen LogP) is 4.07. The molecule has 0 heterocycles. The summed E-state index contributed by atoms with van der Waals surface area (Å²) in [6.07, 6.45) is -7.72. The van der Waals surface area contributed by atoms with E-state index in [-0.39, 0.29) is 11.3 Å². The molecule has 1 aromatic rings. The molecule has 3 nitrogen and oxygen atoms in total. The molecule has 22 heavy (non-hydrogen) atoms. The lowest BCUT2D eigenvalue weighted by Gasteiger charge is -2.19. The highest BCUT2D eigenvalue weighted by atomic mass is 32.2. The summed E-state index contributed by atoms with van der Waals surface area (Å²) in [7, 11) is -4.03. The van der Waals surface area contributed by atoms with Crippen LogP contribution < -0.4 is 0 Å². The maximum atomic E-state index is 12.6. The fourth-order valence-corrected chi connectivity index (χ4v) is 2.48. The van der Waals surface area contributed by atoms with Crippen LogP contribution in [0.4, 0.5) is 22.0 Å². The number of rotatable bonds is 7. The van der Waals surface area contributed by atoms with Crippen LogP contribution in [0.2, 0.25) is 0 Å². The predicted molar refractivity (Wildman–Crippen MR) is 69.2 cm³/mol. The Balaban J connectivity index is 2.43. The van der Waals surface area contributed by atoms with Crippen molar-refractivity contribution in [1.29, 1.82) is 0 Å². The van der Waals surface area contributed by atoms with Gasteiger partial charge in [-0.3, -0.25) is 4.18 Å². The molecule has 0 aliphatic carbocycles. The number of benzene rings is 1. The van der Waals surface area contributed by atoms with Gasteiger partial charge in [-0.05, 0) is 31.9 Å². The summed E-state index contributed by atoms with van der Waals surface area (Å²) in [4.78, 5) is -0.0984. The molecule has 126 valence electrons. The molecule has 0 saturated heterocycles. The fourth-order valence-electron chi connectivity index (χ4n) is 1.53. The zero-order valence-corrected chi connectivity index (χ0v) is 12.5. The normalized spacial score (nSPS) is 13.4. The lowest BCUT2D eigenvalue weighted by molar-refractivity contribution is -0.284. The van der Waals surface area contributed by atoms with E-state index in [0.717, 1.165) is 5.56 Å². The van der Waals surface area contributed by atoms with Crippen molar-refractivity contribution in [3.8, 4) is 0 Å². The quantitative estimate of drug-likeness (QED) is 0.425. The third-order valence-electron chi connectivity index (χ3n) is 2.85. The molecule has 9 heteroatoms. The van der Waals surface area contributed by atoms with Crippen LogP contribution in [0.3, 0.4) is 0 Å². The highest BCUT2D eigenvalue weighted by Crippen LogP contribution is 2.39. The summed E-state index contributed by atoms with van der Waals surface area (Å²) < 4.78 is 89.0. The molecular formula is C13H15F5O3S. The molecule has 0 amide bonds. The number of unbranched alkanes of at least 4 members (excludes halogenated alkanes) is 1. The van der Waals surface area contributed by atoms with E-state index in [0.29, 0.717) is 0 Å². The van der Waals surface area contributed by atoms with Crippen molar-refractivity contribution < 1.29 is 34.6 Å². The van der Waals surface area contributed by atoms with Gasteiger partial charge in [0.25, 0.3) is 10.1 Å². The molecule has 0 N–H and O–H groups in total. The van der Waals surface area contributed by atoms with Crippen LogP contribution in [0.15, 0.2) is 29.2 Å². The van der Waals surface area contributed by atoms with Crippen molar-refractivity contribution in [3.05, 3.63) is 29.8 Å². The van der Waals surface area contributed by atoms with E-state index in [2.05, 4.69) is 4.18 Å². The Labute approximate surface area is 125 Å². The number of hydrogen-bond donors (Lipinski definition) is 0. The van der Waals surface area contributed by atoms with E-state index < -0.39 is 41.7 Å². The van der Waals surface area contributed by atoms with Gasteiger partial charge in [-0.1, -0.05) is 17.7 Å². The molecule has 0 aromatic heterocycles. The van der Waals surface area contributed by atoms with Crippen molar-refractivity contribution in [2.45, 2.75) is 43.2 Å². The second-order valence-electron chi connectivity index (χ2n) is 4.75. The first-order chi connectivity index (χ1) is 9.96. The maximum absolute atomic E-state index is 12.6. The number of aryl methyl sites for hydroxylation is 1. The first-order valence-electron chi connectivity index (χ1n) is 6.36. The summed E-state index contributed by atoms with van der Waals surface area (Å²) in [6.45, 7) is 1.31. The highest BCUT2D eigenvalue weighted by Gasteiger charge is 2.56. The average Bonchev–Trinajstić information content (AvgIpc) is 2.37. The SMILES string of the molecule is Cc1ccc(S(=O)(=O)OCCCCC(F)(F)C(F)(F)F)cc1. The van der Waals surface area contributed by atoms with Gasteiger partial charge in [-0.25, -0.2) is 0 Å². The minimum atomic E-state index is -5.60. The van der Waals surface area contributed by atoms with Crippen molar-refractivity contribution in [1.82, 2.24) is 0 Å². The summed E-state index contributed by atoms with van der Waals surface area (Å²) >= 11 is 0. The maximum Gasteiger partial charge on any atom is 0.453 e. The lowest BCUT2D eigenvalue weighted by Crippen LogP contribution is -2.36. The fraction of sp³-hybridized carbons (Fsp3) is 0.538. The zero-order chi connectivity index (χ0) is 17.0. The first kappa shape index (κ1) is 18.8. The van der Waals surface area contributed by atoms with Crippen LogP contribution in [0, 0.1) is 6.92 Å². The zero-order valence-electron chi connectivity index (χ0n) is 11.7. The van der Waals surface area contributed by atoms with E-state index in [1.165, 1.54) is 12.1 Å². The van der Waals surface area contributed by atoms with Crippen LogP contribution in [0.5, 0.6) is 0 Å². The van der Waals surface area contributed by atoms with Crippen molar-refractivity contribution in [3.63, 3.8) is 0 Å². The average molecular weight is 346 g/mol. The van der Waals surface area contributed by atoms with E-state index >= 15 is 0 Å². The molecule has 0 unspecified atom stereocenters. The second-order valence-corrected chi connectivity index (χ2v) is 6.36. The van der Waals surface area contributed by atoms with Gasteiger partial charge in [-0.15, -0.1) is 0 Å². The Hall–Kier alpha value is -1.22. The molecule has 0 spiro atoms. The van der Waals surface area contributed by atoms with Gasteiger partial charge in [0.15, 0.2) is 0 Å². The number of halogens is 5. The van der Waals surface area contributed by atoms with Crippen molar-refractivity contribution >= 4 is 10.1 Å². The number of alkyl halides is 5. The van der Waals surface area contributed by atoms with Gasteiger partial charge < -0.3 is 0 Å². The molecule has 0 radical (unpaired) electrons. The van der Waals surface area contributed by atoms with Gasteiger partial charge in [0.2, 0.25) is 0 Å². The largest absolute Gasteiger partial charge is 0.453 e. The minimum Gasteiger partial charge on any atom is -0.266 e. The topological polar surface area (TPSA) is 43.4 Å². The first-order valence-corrected chi connectivity index (χ1v) is 7.77. The Morgan fingerprint density at radius 3 is 2.05 bits per heavy atom. The Morgan fingerprint density at radius 1 is 1.00 bits per heavy atom. The van der Waals surface area contributed by atoms with Gasteiger partial charge in [0.05, 0.1) is 11.5 Å².